The third-order valence-corrected chi connectivity index (χ3v) is 18.3. The molecule has 0 radical (unpaired) electrons. The Morgan fingerprint density at radius 1 is 0.299 bits per heavy atom. The van der Waals surface area contributed by atoms with Crippen LogP contribution < -0.4 is 10.1 Å². The van der Waals surface area contributed by atoms with Gasteiger partial charge in [-0.05, 0) is 12.1 Å². The minimum absolute atomic E-state index is 0.0811. The van der Waals surface area contributed by atoms with Gasteiger partial charge in [0.1, 0.15) is 201 Å². The quantitative estimate of drug-likeness (QED) is 0.0644. The normalized spacial score (nSPS) is 51.1. The molecule has 0 amide bonds. The summed E-state index contributed by atoms with van der Waals surface area (Å²) in [5, 5.41) is 272. The first-order valence-corrected chi connectivity index (χ1v) is 30.8. The predicted molar refractivity (Wildman–Crippen MR) is 295 cm³/mol. The van der Waals surface area contributed by atoms with E-state index in [0.717, 1.165) is 24.3 Å². The Morgan fingerprint density at radius 2 is 0.536 bits per heavy atom. The van der Waals surface area contributed by atoms with E-state index < -0.39 is 303 Å². The molecule has 22 aliphatic rings. The highest BCUT2D eigenvalue weighted by molar-refractivity contribution is 5.36. The Hall–Kier alpha value is -3.14. The molecule has 1 aromatic carbocycles. The number of hydrogen-bond donors (Lipinski definition) is 24. The Labute approximate surface area is 546 Å². The molecule has 22 fully saturated rings. The molecule has 0 saturated carbocycles. The summed E-state index contributed by atoms with van der Waals surface area (Å²) < 4.78 is 92.7. The SMILES string of the molecule is O=[N+]([O-])c1ccc(O[C@H]2O[C@H](CNC[C@H]3O[C@@H]4O[C@H]5[C@@H](O)[C@@H](O)[C@@H](O[C@H]6[C@H](O)[C@@H](O)[C@@H](O[C@H]7[C@H](O)[C@@H](O)[C@@H](O[C@H]8[C@H](O)[C@@H](O)[C@@H](O[C@H]9[C@H](O)[C@@H](O)[C@@H](O[C@H]%10[C@H](O)[C@@H](O)[C@@H](O[C@H]3[C@H](O)[C@H]4O)O[C@@H]%10CO)O[C@@H]9CO)O[C@@H]8CO)O[C@@H]7CO)O[C@@H]6CO)O[C@@H]5CO)[C@H](O)[C@H](O)[C@H]2O)cc1. The number of rotatable bonds is 13. The topological polar surface area (TPSA) is 668 Å². The maximum absolute atomic E-state index is 12.0. The zero-order chi connectivity index (χ0) is 70.3. The summed E-state index contributed by atoms with van der Waals surface area (Å²) in [6.45, 7) is -7.80. The van der Waals surface area contributed by atoms with Crippen molar-refractivity contribution in [3.05, 3.63) is 34.4 Å². The number of benzene rings is 1. The fraction of sp³-hybridized carbons (Fsp3) is 0.889. The first kappa shape index (κ1) is 76.5. The van der Waals surface area contributed by atoms with E-state index in [1.54, 1.807) is 0 Å². The number of nitrogens with zero attached hydrogens (tertiary/aromatic N) is 1. The average Bonchev–Trinajstić information content (AvgIpc) is 0.787. The van der Waals surface area contributed by atoms with Crippen molar-refractivity contribution < 1.29 is 198 Å². The van der Waals surface area contributed by atoms with Crippen LogP contribution in [0.3, 0.4) is 0 Å². The van der Waals surface area contributed by atoms with Crippen molar-refractivity contribution in [2.24, 2.45) is 0 Å². The van der Waals surface area contributed by atoms with E-state index in [1.807, 2.05) is 0 Å². The van der Waals surface area contributed by atoms with Gasteiger partial charge >= 0.3 is 0 Å². The lowest BCUT2D eigenvalue weighted by Crippen LogP contribution is -2.68. The van der Waals surface area contributed by atoms with E-state index in [0.29, 0.717) is 0 Å². The van der Waals surface area contributed by atoms with Crippen molar-refractivity contribution in [3.8, 4) is 5.75 Å². The lowest BCUT2D eigenvalue weighted by atomic mass is 9.95. The van der Waals surface area contributed by atoms with Crippen LogP contribution >= 0.6 is 0 Å². The number of hydrogen-bond acceptors (Lipinski definition) is 42. The zero-order valence-corrected chi connectivity index (χ0v) is 50.6. The van der Waals surface area contributed by atoms with Crippen LogP contribution in [0.25, 0.3) is 0 Å². The molecule has 23 rings (SSSR count). The lowest BCUT2D eigenvalue weighted by Gasteiger charge is -2.50. The van der Waals surface area contributed by atoms with Crippen molar-refractivity contribution >= 4 is 5.69 Å². The maximum Gasteiger partial charge on any atom is 0.269 e. The Morgan fingerprint density at radius 3 is 0.784 bits per heavy atom. The summed E-state index contributed by atoms with van der Waals surface area (Å²) >= 11 is 0. The summed E-state index contributed by atoms with van der Waals surface area (Å²) in [4.78, 5) is 10.5. The van der Waals surface area contributed by atoms with Gasteiger partial charge in [0.15, 0.2) is 44.0 Å². The first-order chi connectivity index (χ1) is 46.2. The number of ether oxygens (including phenoxy) is 16. The molecule has 22 aliphatic heterocycles. The third kappa shape index (κ3) is 15.7. The molecule has 0 unspecified atom stereocenters. The predicted octanol–water partition coefficient (Wildman–Crippen LogP) is -15.8. The van der Waals surface area contributed by atoms with E-state index in [2.05, 4.69) is 5.32 Å². The van der Waals surface area contributed by atoms with Gasteiger partial charge in [0.05, 0.1) is 44.6 Å². The second kappa shape index (κ2) is 32.7. The van der Waals surface area contributed by atoms with Gasteiger partial charge in [0.25, 0.3) is 5.69 Å². The smallest absolute Gasteiger partial charge is 0.269 e. The van der Waals surface area contributed by atoms with Crippen LogP contribution in [0.15, 0.2) is 24.3 Å². The molecule has 556 valence electrons. The Balaban J connectivity index is 0.932. The van der Waals surface area contributed by atoms with E-state index in [9.17, 15) is 128 Å². The van der Waals surface area contributed by atoms with Gasteiger partial charge < -0.3 is 199 Å². The molecule has 97 heavy (non-hydrogen) atoms. The molecule has 22 heterocycles. The fourth-order valence-corrected chi connectivity index (χ4v) is 12.8. The van der Waals surface area contributed by atoms with Crippen LogP contribution in [0.5, 0.6) is 5.75 Å². The number of aliphatic hydroxyl groups is 23. The van der Waals surface area contributed by atoms with Gasteiger partial charge in [0.2, 0.25) is 6.29 Å². The average molecular weight is 1420 g/mol. The molecule has 43 heteroatoms. The molecule has 22 saturated heterocycles. The van der Waals surface area contributed by atoms with Crippen molar-refractivity contribution in [3.63, 3.8) is 0 Å². The van der Waals surface area contributed by atoms with Crippen molar-refractivity contribution in [2.45, 2.75) is 246 Å². The van der Waals surface area contributed by atoms with E-state index in [-0.39, 0.29) is 11.4 Å². The van der Waals surface area contributed by atoms with Crippen LogP contribution in [-0.4, -0.2) is 421 Å². The maximum atomic E-state index is 12.0. The Kier molecular flexibility index (Phi) is 25.8. The number of non-ortho nitro benzene ring substituents is 1. The van der Waals surface area contributed by atoms with Crippen molar-refractivity contribution in [2.75, 3.05) is 52.7 Å². The van der Waals surface area contributed by atoms with Gasteiger partial charge in [-0.3, -0.25) is 10.1 Å². The molecule has 14 bridgehead atoms. The van der Waals surface area contributed by atoms with Crippen molar-refractivity contribution in [1.29, 1.82) is 0 Å². The highest BCUT2D eigenvalue weighted by Crippen LogP contribution is 2.40. The van der Waals surface area contributed by atoms with E-state index >= 15 is 0 Å². The van der Waals surface area contributed by atoms with Crippen LogP contribution in [0.1, 0.15) is 0 Å². The second-order valence-electron chi connectivity index (χ2n) is 24.5. The highest BCUT2D eigenvalue weighted by atomic mass is 16.8. The molecule has 24 N–H and O–H groups in total. The summed E-state index contributed by atoms with van der Waals surface area (Å²) in [7, 11) is 0. The molecule has 0 spiro atoms. The van der Waals surface area contributed by atoms with Gasteiger partial charge in [-0.25, -0.2) is 0 Å². The molecular formula is C54H84N2O41. The number of nitro benzene ring substituents is 1. The van der Waals surface area contributed by atoms with Crippen LogP contribution in [0.4, 0.5) is 5.69 Å². The van der Waals surface area contributed by atoms with Gasteiger partial charge in [0, 0.05) is 25.2 Å². The lowest BCUT2D eigenvalue weighted by molar-refractivity contribution is -0.396. The van der Waals surface area contributed by atoms with Gasteiger partial charge in [-0.1, -0.05) is 0 Å². The fourth-order valence-electron chi connectivity index (χ4n) is 12.8. The molecule has 43 nitrogen and oxygen atoms in total. The first-order valence-electron chi connectivity index (χ1n) is 30.8. The number of aliphatic hydroxyl groups excluding tert-OH is 23. The third-order valence-electron chi connectivity index (χ3n) is 18.3. The molecule has 1 aromatic rings. The monoisotopic (exact) mass is 1420 g/mol. The summed E-state index contributed by atoms with van der Waals surface area (Å²) in [5.41, 5.74) is -0.324. The zero-order valence-electron chi connectivity index (χ0n) is 50.6. The largest absolute Gasteiger partial charge is 0.462 e. The molecular weight excluding hydrogens is 1330 g/mol. The van der Waals surface area contributed by atoms with E-state index in [1.165, 1.54) is 0 Å². The molecule has 0 aromatic heterocycles. The van der Waals surface area contributed by atoms with Crippen molar-refractivity contribution in [1.82, 2.24) is 5.32 Å². The molecule has 40 atom stereocenters. The number of nitro groups is 1. The summed E-state index contributed by atoms with van der Waals surface area (Å²) in [5.74, 6) is -0.0811. The van der Waals surface area contributed by atoms with E-state index in [4.69, 9.17) is 75.8 Å². The minimum Gasteiger partial charge on any atom is -0.462 e. The highest BCUT2D eigenvalue weighted by Gasteiger charge is 2.60. The van der Waals surface area contributed by atoms with Crippen LogP contribution in [0, 0.1) is 10.1 Å². The minimum atomic E-state index is -2.34. The molecule has 0 aliphatic carbocycles. The summed E-state index contributed by atoms with van der Waals surface area (Å²) in [6.07, 6.45) is -82.0. The van der Waals surface area contributed by atoms with Crippen LogP contribution in [0.2, 0.25) is 0 Å². The Bertz CT molecular complexity index is 2620. The van der Waals surface area contributed by atoms with Gasteiger partial charge in [-0.2, -0.15) is 0 Å². The second-order valence-corrected chi connectivity index (χ2v) is 24.5. The van der Waals surface area contributed by atoms with Crippen LogP contribution in [-0.2, 0) is 71.1 Å². The number of nitrogens with one attached hydrogen (secondary N) is 1. The van der Waals surface area contributed by atoms with Gasteiger partial charge in [-0.15, -0.1) is 0 Å². The summed E-state index contributed by atoms with van der Waals surface area (Å²) in [6, 6.07) is 4.46. The standard InChI is InChI=1S/C54H84N2O41/c57-7-17-41-27(67)35(75)50(86-17)94-43-19(9-59)88-52(37(77)29(43)69)96-45-21(11-61)90-54(39(79)31(45)71)97-46-22(12-62)89-53(38(78)30(46)70)95-44-20(10-60)87-51(36(76)28(44)68)93-42-18(8-58)85-49(34(74)26(42)66)91-40-16(84-48(92-41)33(73)25(40)65)6-55-5-15-23(63)24(64)32(72)47(83-15)82-14-3-1-13(2-4-14)56(80)81/h1-4,15-55,57-79H,5-12H2/t15-,16-,17-,18-,19-,20-,21-,22-,23+,24+,25-,26-,27+,28-,29-,30-,31-,32-,33-,34-,35-,36-,37-,38-,39-,40-,41-,42-,43-,44-,45-,46-,47+,48-,49-,50-,51-,52-,53-,54-/m1/s1.